The number of guanidine groups is 1. The number of halogens is 1. The molecule has 1 atom stereocenters. The number of para-hydroxylation sites is 1. The van der Waals surface area contributed by atoms with Crippen LogP contribution in [0, 0.1) is 6.92 Å². The second-order valence-corrected chi connectivity index (χ2v) is 6.19. The number of hydrogen-bond donors (Lipinski definition) is 2. The minimum absolute atomic E-state index is 0. The molecule has 0 saturated heterocycles. The number of ether oxygens (including phenoxy) is 2. The largest absolute Gasteiger partial charge is 0.489 e. The van der Waals surface area contributed by atoms with Crippen molar-refractivity contribution in [2.45, 2.75) is 26.5 Å². The number of nitrogens with one attached hydrogen (secondary N) is 2. The third-order valence-electron chi connectivity index (χ3n) is 4.04. The molecule has 7 heteroatoms. The zero-order chi connectivity index (χ0) is 19.6. The second-order valence-electron chi connectivity index (χ2n) is 6.19. The van der Waals surface area contributed by atoms with Gasteiger partial charge in [0.25, 0.3) is 0 Å². The number of aryl methyl sites for hydroxylation is 1. The highest BCUT2D eigenvalue weighted by atomic mass is 127. The van der Waals surface area contributed by atoms with Crippen molar-refractivity contribution in [2.75, 3.05) is 20.7 Å². The molecule has 2 aromatic carbocycles. The SMILES string of the molecule is CN=C(NCc1ccc(C(=O)OC)cc1)NCC(C)Oc1ccccc1C.I. The van der Waals surface area contributed by atoms with E-state index in [1.165, 1.54) is 7.11 Å². The standard InChI is InChI=1S/C21H27N3O3.HI/c1-15-7-5-6-8-19(15)27-16(2)13-23-21(22-3)24-14-17-9-11-18(12-10-17)20(25)26-4;/h5-12,16H,13-14H2,1-4H3,(H2,22,23,24);1H. The molecule has 0 heterocycles. The third kappa shape index (κ3) is 7.38. The van der Waals surface area contributed by atoms with Gasteiger partial charge in [-0.1, -0.05) is 30.3 Å². The van der Waals surface area contributed by atoms with Crippen LogP contribution in [0.5, 0.6) is 5.75 Å². The molecule has 0 radical (unpaired) electrons. The fraction of sp³-hybridized carbons (Fsp3) is 0.333. The Balaban J connectivity index is 0.00000392. The van der Waals surface area contributed by atoms with E-state index in [1.807, 2.05) is 50.2 Å². The maximum absolute atomic E-state index is 11.5. The average molecular weight is 497 g/mol. The van der Waals surface area contributed by atoms with E-state index in [9.17, 15) is 4.79 Å². The monoisotopic (exact) mass is 497 g/mol. The van der Waals surface area contributed by atoms with E-state index in [2.05, 4.69) is 15.6 Å². The molecule has 0 fully saturated rings. The Labute approximate surface area is 183 Å². The molecule has 0 saturated carbocycles. The van der Waals surface area contributed by atoms with Crippen molar-refractivity contribution in [3.8, 4) is 5.75 Å². The van der Waals surface area contributed by atoms with Gasteiger partial charge in [-0.05, 0) is 43.2 Å². The lowest BCUT2D eigenvalue weighted by molar-refractivity contribution is 0.0600. The van der Waals surface area contributed by atoms with E-state index in [0.717, 1.165) is 16.9 Å². The van der Waals surface area contributed by atoms with Gasteiger partial charge in [0.1, 0.15) is 11.9 Å². The van der Waals surface area contributed by atoms with Crippen molar-refractivity contribution >= 4 is 35.9 Å². The molecule has 0 aliphatic heterocycles. The fourth-order valence-electron chi connectivity index (χ4n) is 2.47. The molecular weight excluding hydrogens is 469 g/mol. The Kier molecular flexibility index (Phi) is 10.4. The first kappa shape index (κ1) is 23.7. The number of aliphatic imine (C=N–C) groups is 1. The van der Waals surface area contributed by atoms with Gasteiger partial charge in [0.2, 0.25) is 0 Å². The molecule has 0 bridgehead atoms. The first-order chi connectivity index (χ1) is 13.0. The van der Waals surface area contributed by atoms with Gasteiger partial charge in [-0.15, -0.1) is 24.0 Å². The van der Waals surface area contributed by atoms with Crippen molar-refractivity contribution < 1.29 is 14.3 Å². The fourth-order valence-corrected chi connectivity index (χ4v) is 2.47. The van der Waals surface area contributed by atoms with E-state index < -0.39 is 0 Å². The minimum Gasteiger partial charge on any atom is -0.489 e. The van der Waals surface area contributed by atoms with Crippen molar-refractivity contribution in [1.29, 1.82) is 0 Å². The number of benzene rings is 2. The van der Waals surface area contributed by atoms with Crippen molar-refractivity contribution in [3.63, 3.8) is 0 Å². The van der Waals surface area contributed by atoms with Gasteiger partial charge in [-0.2, -0.15) is 0 Å². The first-order valence-corrected chi connectivity index (χ1v) is 8.87. The van der Waals surface area contributed by atoms with Crippen LogP contribution in [-0.4, -0.2) is 38.7 Å². The Morgan fingerprint density at radius 2 is 1.79 bits per heavy atom. The number of carbonyl (C=O) groups excluding carboxylic acids is 1. The number of hydrogen-bond acceptors (Lipinski definition) is 4. The van der Waals surface area contributed by atoms with Crippen molar-refractivity contribution in [1.82, 2.24) is 10.6 Å². The number of methoxy groups -OCH3 is 1. The highest BCUT2D eigenvalue weighted by Gasteiger charge is 2.08. The highest BCUT2D eigenvalue weighted by molar-refractivity contribution is 14.0. The first-order valence-electron chi connectivity index (χ1n) is 8.87. The summed E-state index contributed by atoms with van der Waals surface area (Å²) in [4.78, 5) is 15.7. The molecular formula is C21H28IN3O3. The molecule has 6 nitrogen and oxygen atoms in total. The zero-order valence-electron chi connectivity index (χ0n) is 16.7. The summed E-state index contributed by atoms with van der Waals surface area (Å²) in [6.07, 6.45) is -0.0102. The van der Waals surface area contributed by atoms with E-state index in [0.29, 0.717) is 24.6 Å². The summed E-state index contributed by atoms with van der Waals surface area (Å²) >= 11 is 0. The summed E-state index contributed by atoms with van der Waals surface area (Å²) in [5.74, 6) is 1.24. The summed E-state index contributed by atoms with van der Waals surface area (Å²) in [6.45, 7) is 5.25. The lowest BCUT2D eigenvalue weighted by atomic mass is 10.1. The van der Waals surface area contributed by atoms with Crippen LogP contribution in [0.1, 0.15) is 28.4 Å². The van der Waals surface area contributed by atoms with Gasteiger partial charge < -0.3 is 20.1 Å². The van der Waals surface area contributed by atoms with E-state index in [1.54, 1.807) is 19.2 Å². The van der Waals surface area contributed by atoms with Crippen LogP contribution in [0.2, 0.25) is 0 Å². The molecule has 0 amide bonds. The molecule has 2 rings (SSSR count). The summed E-state index contributed by atoms with van der Waals surface area (Å²) < 4.78 is 10.7. The second kappa shape index (κ2) is 12.2. The molecule has 0 aliphatic carbocycles. The number of carbonyl (C=O) groups is 1. The van der Waals surface area contributed by atoms with Crippen LogP contribution in [-0.2, 0) is 11.3 Å². The van der Waals surface area contributed by atoms with Crippen LogP contribution < -0.4 is 15.4 Å². The third-order valence-corrected chi connectivity index (χ3v) is 4.04. The van der Waals surface area contributed by atoms with Gasteiger partial charge in [-0.3, -0.25) is 4.99 Å². The summed E-state index contributed by atoms with van der Waals surface area (Å²) in [6, 6.07) is 15.2. The van der Waals surface area contributed by atoms with Crippen LogP contribution in [0.15, 0.2) is 53.5 Å². The Morgan fingerprint density at radius 1 is 1.11 bits per heavy atom. The number of nitrogens with zero attached hydrogens (tertiary/aromatic N) is 1. The van der Waals surface area contributed by atoms with Crippen LogP contribution in [0.25, 0.3) is 0 Å². The Morgan fingerprint density at radius 3 is 2.39 bits per heavy atom. The number of esters is 1. The zero-order valence-corrected chi connectivity index (χ0v) is 19.0. The Bertz CT molecular complexity index is 779. The van der Waals surface area contributed by atoms with Crippen LogP contribution >= 0.6 is 24.0 Å². The van der Waals surface area contributed by atoms with Crippen LogP contribution in [0.3, 0.4) is 0 Å². The predicted molar refractivity (Wildman–Crippen MR) is 123 cm³/mol. The lowest BCUT2D eigenvalue weighted by Gasteiger charge is -2.19. The predicted octanol–water partition coefficient (Wildman–Crippen LogP) is 3.53. The summed E-state index contributed by atoms with van der Waals surface area (Å²) in [7, 11) is 3.10. The topological polar surface area (TPSA) is 72.0 Å². The molecule has 0 aliphatic rings. The maximum Gasteiger partial charge on any atom is 0.337 e. The van der Waals surface area contributed by atoms with E-state index >= 15 is 0 Å². The van der Waals surface area contributed by atoms with Gasteiger partial charge >= 0.3 is 5.97 Å². The maximum atomic E-state index is 11.5. The molecule has 0 spiro atoms. The molecule has 2 N–H and O–H groups in total. The van der Waals surface area contributed by atoms with Crippen LogP contribution in [0.4, 0.5) is 0 Å². The van der Waals surface area contributed by atoms with Gasteiger partial charge in [-0.25, -0.2) is 4.79 Å². The van der Waals surface area contributed by atoms with E-state index in [4.69, 9.17) is 9.47 Å². The van der Waals surface area contributed by atoms with Crippen molar-refractivity contribution in [3.05, 3.63) is 65.2 Å². The van der Waals surface area contributed by atoms with Gasteiger partial charge in [0.05, 0.1) is 19.2 Å². The molecule has 28 heavy (non-hydrogen) atoms. The normalized spacial score (nSPS) is 11.8. The Hall–Kier alpha value is -2.29. The molecule has 2 aromatic rings. The van der Waals surface area contributed by atoms with Crippen molar-refractivity contribution in [2.24, 2.45) is 4.99 Å². The molecule has 0 aromatic heterocycles. The summed E-state index contributed by atoms with van der Waals surface area (Å²) in [5.41, 5.74) is 2.68. The quantitative estimate of drug-likeness (QED) is 0.265. The smallest absolute Gasteiger partial charge is 0.337 e. The number of rotatable bonds is 7. The highest BCUT2D eigenvalue weighted by Crippen LogP contribution is 2.17. The minimum atomic E-state index is -0.338. The molecule has 1 unspecified atom stereocenters. The van der Waals surface area contributed by atoms with Gasteiger partial charge in [0, 0.05) is 13.6 Å². The van der Waals surface area contributed by atoms with E-state index in [-0.39, 0.29) is 36.0 Å². The average Bonchev–Trinajstić information content (AvgIpc) is 2.69. The van der Waals surface area contributed by atoms with Gasteiger partial charge in [0.15, 0.2) is 5.96 Å². The molecule has 152 valence electrons. The summed E-state index contributed by atoms with van der Waals surface area (Å²) in [5, 5.41) is 6.50. The lowest BCUT2D eigenvalue weighted by Crippen LogP contribution is -2.41.